The normalized spacial score (nSPS) is 15.7. The standard InChI is InChI=1S/C23H24N4O5.C8H7F2NO2.ClH/c1-12-13-7-8-16(15(13)6-5-14(12)22(31)32-23(2,3)4)26-20(28)18-11-17(21(29)30)25-19-9-10-24-27(18)19;9-8(10)12-6-2-1-5(4-11)3-7(6)13-8;/h5-6,9-11,16H,7-8H2,1-4H3,(H,26,28)(H,29,30);1-3H,4,11H2;1H/t16-;;/m0../s1. The number of nitrogens with two attached hydrogens (primary N) is 1. The van der Waals surface area contributed by atoms with E-state index in [2.05, 4.69) is 24.9 Å². The predicted molar refractivity (Wildman–Crippen MR) is 163 cm³/mol. The zero-order valence-corrected chi connectivity index (χ0v) is 26.1. The van der Waals surface area contributed by atoms with Gasteiger partial charge in [-0.1, -0.05) is 12.1 Å². The zero-order valence-electron chi connectivity index (χ0n) is 25.3. The van der Waals surface area contributed by atoms with Crippen LogP contribution in [0.5, 0.6) is 11.5 Å². The molecule has 2 aromatic carbocycles. The molecule has 0 saturated carbocycles. The van der Waals surface area contributed by atoms with Crippen molar-refractivity contribution in [2.24, 2.45) is 5.73 Å². The number of esters is 1. The van der Waals surface area contributed by atoms with Crippen molar-refractivity contribution in [1.29, 1.82) is 0 Å². The van der Waals surface area contributed by atoms with Gasteiger partial charge in [0, 0.05) is 18.7 Å². The summed E-state index contributed by atoms with van der Waals surface area (Å²) in [6, 6.07) is 10.5. The first-order valence-electron chi connectivity index (χ1n) is 14.0. The molecule has 1 atom stereocenters. The van der Waals surface area contributed by atoms with Crippen LogP contribution in [0.1, 0.15) is 86.8 Å². The van der Waals surface area contributed by atoms with Crippen molar-refractivity contribution in [1.82, 2.24) is 19.9 Å². The van der Waals surface area contributed by atoms with E-state index < -0.39 is 23.8 Å². The molecule has 0 radical (unpaired) electrons. The topological polar surface area (TPSA) is 167 Å². The molecule has 0 saturated heterocycles. The number of fused-ring (bicyclic) bond motifs is 3. The Hall–Kier alpha value is -4.82. The highest BCUT2D eigenvalue weighted by Gasteiger charge is 2.43. The van der Waals surface area contributed by atoms with E-state index >= 15 is 0 Å². The third kappa shape index (κ3) is 7.18. The molecular formula is C31H32ClF2N5O7. The van der Waals surface area contributed by atoms with Gasteiger partial charge in [-0.15, -0.1) is 21.2 Å². The maximum Gasteiger partial charge on any atom is 0.586 e. The summed E-state index contributed by atoms with van der Waals surface area (Å²) in [6.07, 6.45) is -0.720. The Morgan fingerprint density at radius 3 is 2.52 bits per heavy atom. The molecule has 0 fully saturated rings. The van der Waals surface area contributed by atoms with E-state index in [0.717, 1.165) is 22.3 Å². The van der Waals surface area contributed by atoms with Gasteiger partial charge in [-0.05, 0) is 81.0 Å². The largest absolute Gasteiger partial charge is 0.586 e. The van der Waals surface area contributed by atoms with E-state index in [0.29, 0.717) is 18.4 Å². The summed E-state index contributed by atoms with van der Waals surface area (Å²) in [4.78, 5) is 41.0. The van der Waals surface area contributed by atoms with Crippen LogP contribution in [0.4, 0.5) is 8.78 Å². The number of benzene rings is 2. The van der Waals surface area contributed by atoms with Crippen molar-refractivity contribution in [2.45, 2.75) is 65.0 Å². The molecule has 6 rings (SSSR count). The number of hydrogen-bond donors (Lipinski definition) is 3. The van der Waals surface area contributed by atoms with Gasteiger partial charge in [0.25, 0.3) is 5.91 Å². The molecule has 1 amide bonds. The zero-order chi connectivity index (χ0) is 32.7. The van der Waals surface area contributed by atoms with Gasteiger partial charge in [0.15, 0.2) is 22.8 Å². The van der Waals surface area contributed by atoms with Crippen LogP contribution in [0.2, 0.25) is 0 Å². The smallest absolute Gasteiger partial charge is 0.477 e. The van der Waals surface area contributed by atoms with Gasteiger partial charge in [0.1, 0.15) is 11.3 Å². The maximum absolute atomic E-state index is 13.0. The third-order valence-corrected chi connectivity index (χ3v) is 7.13. The van der Waals surface area contributed by atoms with E-state index in [1.165, 1.54) is 35.0 Å². The SMILES string of the molecule is Cc1c(C(=O)OC(C)(C)C)ccc2c1CC[C@@H]2NC(=O)c1cc(C(=O)O)nc2ccnn12.Cl.NCc1ccc2c(c1)OC(F)(F)O2. The number of rotatable bonds is 5. The summed E-state index contributed by atoms with van der Waals surface area (Å²) in [6.45, 7) is 7.64. The number of carbonyl (C=O) groups is 3. The number of nitrogens with zero attached hydrogens (tertiary/aromatic N) is 3. The number of aromatic carboxylic acids is 1. The van der Waals surface area contributed by atoms with Crippen LogP contribution in [0.3, 0.4) is 0 Å². The van der Waals surface area contributed by atoms with Gasteiger partial charge in [-0.3, -0.25) is 4.79 Å². The monoisotopic (exact) mass is 659 g/mol. The number of aromatic nitrogens is 3. The molecule has 3 heterocycles. The van der Waals surface area contributed by atoms with Crippen LogP contribution in [0.15, 0.2) is 48.7 Å². The Kier molecular flexibility index (Phi) is 9.54. The molecule has 4 aromatic rings. The summed E-state index contributed by atoms with van der Waals surface area (Å²) in [5.74, 6) is -1.96. The van der Waals surface area contributed by atoms with Crippen LogP contribution in [-0.2, 0) is 17.7 Å². The number of carbonyl (C=O) groups excluding carboxylic acids is 2. The second-order valence-electron chi connectivity index (χ2n) is 11.5. The van der Waals surface area contributed by atoms with Crippen molar-refractivity contribution in [2.75, 3.05) is 0 Å². The minimum Gasteiger partial charge on any atom is -0.477 e. The number of alkyl halides is 2. The van der Waals surface area contributed by atoms with Gasteiger partial charge in [0.05, 0.1) is 17.8 Å². The fraction of sp³-hybridized carbons (Fsp3) is 0.323. The Bertz CT molecular complexity index is 1820. The van der Waals surface area contributed by atoms with E-state index in [1.807, 2.05) is 33.8 Å². The van der Waals surface area contributed by atoms with Crippen molar-refractivity contribution in [3.8, 4) is 11.5 Å². The Morgan fingerprint density at radius 2 is 1.85 bits per heavy atom. The van der Waals surface area contributed by atoms with Crippen molar-refractivity contribution < 1.29 is 42.5 Å². The molecule has 2 aromatic heterocycles. The minimum atomic E-state index is -3.55. The van der Waals surface area contributed by atoms with Crippen LogP contribution >= 0.6 is 12.4 Å². The van der Waals surface area contributed by atoms with E-state index in [1.54, 1.807) is 12.1 Å². The van der Waals surface area contributed by atoms with E-state index in [4.69, 9.17) is 10.5 Å². The van der Waals surface area contributed by atoms with Gasteiger partial charge < -0.3 is 30.4 Å². The molecule has 12 nitrogen and oxygen atoms in total. The fourth-order valence-corrected chi connectivity index (χ4v) is 5.12. The average molecular weight is 660 g/mol. The van der Waals surface area contributed by atoms with Gasteiger partial charge in [-0.2, -0.15) is 5.10 Å². The number of hydrogen-bond acceptors (Lipinski definition) is 9. The first-order chi connectivity index (χ1) is 21.2. The summed E-state index contributed by atoms with van der Waals surface area (Å²) in [5.41, 5.74) is 8.92. The lowest BCUT2D eigenvalue weighted by molar-refractivity contribution is -0.286. The summed E-state index contributed by atoms with van der Waals surface area (Å²) < 4.78 is 40.2. The Balaban J connectivity index is 0.000000287. The molecule has 0 bridgehead atoms. The first kappa shape index (κ1) is 34.1. The molecular weight excluding hydrogens is 628 g/mol. The first-order valence-corrected chi connectivity index (χ1v) is 14.0. The fourth-order valence-electron chi connectivity index (χ4n) is 5.12. The summed E-state index contributed by atoms with van der Waals surface area (Å²) in [7, 11) is 0. The number of carboxylic acid groups (broad SMARTS) is 1. The highest BCUT2D eigenvalue weighted by molar-refractivity contribution is 5.96. The maximum atomic E-state index is 13.0. The number of amides is 1. The highest BCUT2D eigenvalue weighted by Crippen LogP contribution is 2.41. The van der Waals surface area contributed by atoms with Crippen LogP contribution in [0.25, 0.3) is 5.65 Å². The number of ether oxygens (including phenoxy) is 3. The van der Waals surface area contributed by atoms with Crippen molar-refractivity contribution >= 4 is 35.9 Å². The number of nitrogens with one attached hydrogen (secondary N) is 1. The lowest BCUT2D eigenvalue weighted by Crippen LogP contribution is -2.29. The lowest BCUT2D eigenvalue weighted by atomic mass is 9.97. The number of halogens is 3. The second kappa shape index (κ2) is 12.9. The molecule has 0 unspecified atom stereocenters. The van der Waals surface area contributed by atoms with Gasteiger partial charge >= 0.3 is 18.2 Å². The second-order valence-corrected chi connectivity index (χ2v) is 11.5. The Morgan fingerprint density at radius 1 is 1.13 bits per heavy atom. The molecule has 1 aliphatic carbocycles. The van der Waals surface area contributed by atoms with Crippen LogP contribution in [-0.4, -0.2) is 49.4 Å². The van der Waals surface area contributed by atoms with Gasteiger partial charge in [0.2, 0.25) is 0 Å². The molecule has 4 N–H and O–H groups in total. The average Bonchev–Trinajstić information content (AvgIpc) is 3.67. The summed E-state index contributed by atoms with van der Waals surface area (Å²) in [5, 5.41) is 16.4. The van der Waals surface area contributed by atoms with Crippen molar-refractivity contribution in [3.63, 3.8) is 0 Å². The minimum absolute atomic E-state index is 0. The molecule has 2 aliphatic rings. The molecule has 0 spiro atoms. The quantitative estimate of drug-likeness (QED) is 0.248. The van der Waals surface area contributed by atoms with Crippen LogP contribution in [0, 0.1) is 6.92 Å². The lowest BCUT2D eigenvalue weighted by Gasteiger charge is -2.21. The van der Waals surface area contributed by atoms with E-state index in [-0.39, 0.29) is 59.5 Å². The molecule has 244 valence electrons. The van der Waals surface area contributed by atoms with E-state index in [9.17, 15) is 28.3 Å². The Labute approximate surface area is 268 Å². The number of carboxylic acids is 1. The van der Waals surface area contributed by atoms with Crippen molar-refractivity contribution in [3.05, 3.63) is 87.9 Å². The molecule has 1 aliphatic heterocycles. The summed E-state index contributed by atoms with van der Waals surface area (Å²) >= 11 is 0. The van der Waals surface area contributed by atoms with Gasteiger partial charge in [-0.25, -0.2) is 19.1 Å². The van der Waals surface area contributed by atoms with Crippen LogP contribution < -0.4 is 20.5 Å². The predicted octanol–water partition coefficient (Wildman–Crippen LogP) is 5.00. The molecule has 46 heavy (non-hydrogen) atoms. The molecule has 15 heteroatoms. The highest BCUT2D eigenvalue weighted by atomic mass is 35.5. The third-order valence-electron chi connectivity index (χ3n) is 7.13.